The first kappa shape index (κ1) is 24.0. The minimum Gasteiger partial charge on any atom is -0.496 e. The third-order valence-corrected chi connectivity index (χ3v) is 4.78. The molecule has 34 heavy (non-hydrogen) atoms. The van der Waals surface area contributed by atoms with Gasteiger partial charge in [-0.05, 0) is 50.2 Å². The van der Waals surface area contributed by atoms with Crippen molar-refractivity contribution in [2.24, 2.45) is 0 Å². The number of nitrogens with one attached hydrogen (secondary N) is 3. The smallest absolute Gasteiger partial charge is 0.313 e. The second kappa shape index (κ2) is 10.3. The normalized spacial score (nSPS) is 10.6. The lowest BCUT2D eigenvalue weighted by molar-refractivity contribution is -0.137. The van der Waals surface area contributed by atoms with E-state index >= 15 is 0 Å². The number of aromatic nitrogens is 1. The SMILES string of the molecule is COc1cc(NC(=O)C(=O)NC(C)(C)CNC(=O)c2ccc(C#N)cc2)ccc1-c1cnco1. The van der Waals surface area contributed by atoms with Crippen molar-refractivity contribution in [1.29, 1.82) is 5.26 Å². The van der Waals surface area contributed by atoms with Crippen LogP contribution < -0.4 is 20.7 Å². The lowest BCUT2D eigenvalue weighted by Gasteiger charge is -2.26. The van der Waals surface area contributed by atoms with Gasteiger partial charge in [0.05, 0.1) is 36.0 Å². The predicted octanol–water partition coefficient (Wildman–Crippen LogP) is 2.49. The summed E-state index contributed by atoms with van der Waals surface area (Å²) in [4.78, 5) is 41.0. The molecule has 0 bridgehead atoms. The number of methoxy groups -OCH3 is 1. The van der Waals surface area contributed by atoms with E-state index in [1.54, 1.807) is 44.2 Å². The van der Waals surface area contributed by atoms with E-state index in [-0.39, 0.29) is 12.5 Å². The van der Waals surface area contributed by atoms with Crippen LogP contribution >= 0.6 is 0 Å². The minimum atomic E-state index is -0.912. The molecule has 0 atom stereocenters. The Morgan fingerprint density at radius 2 is 1.85 bits per heavy atom. The Kier molecular flexibility index (Phi) is 7.28. The number of oxazole rings is 1. The first-order valence-corrected chi connectivity index (χ1v) is 10.2. The Labute approximate surface area is 195 Å². The fourth-order valence-corrected chi connectivity index (χ4v) is 3.02. The van der Waals surface area contributed by atoms with E-state index in [0.29, 0.717) is 33.9 Å². The molecule has 0 aliphatic rings. The van der Waals surface area contributed by atoms with Crippen LogP contribution in [0.3, 0.4) is 0 Å². The average molecular weight is 461 g/mol. The average Bonchev–Trinajstić information content (AvgIpc) is 3.37. The Balaban J connectivity index is 1.57. The molecule has 0 saturated heterocycles. The zero-order valence-electron chi connectivity index (χ0n) is 18.8. The summed E-state index contributed by atoms with van der Waals surface area (Å²) in [6.45, 7) is 3.42. The quantitative estimate of drug-likeness (QED) is 0.458. The largest absolute Gasteiger partial charge is 0.496 e. The Morgan fingerprint density at radius 3 is 2.47 bits per heavy atom. The van der Waals surface area contributed by atoms with E-state index in [1.165, 1.54) is 31.8 Å². The molecule has 3 N–H and O–H groups in total. The molecular formula is C24H23N5O5. The van der Waals surface area contributed by atoms with E-state index in [1.807, 2.05) is 6.07 Å². The summed E-state index contributed by atoms with van der Waals surface area (Å²) in [7, 11) is 1.47. The first-order valence-electron chi connectivity index (χ1n) is 10.2. The second-order valence-corrected chi connectivity index (χ2v) is 7.94. The Hall–Kier alpha value is -4.65. The van der Waals surface area contributed by atoms with Crippen molar-refractivity contribution >= 4 is 23.4 Å². The summed E-state index contributed by atoms with van der Waals surface area (Å²) < 4.78 is 10.6. The van der Waals surface area contributed by atoms with Crippen LogP contribution in [0, 0.1) is 11.3 Å². The number of ether oxygens (including phenoxy) is 1. The van der Waals surface area contributed by atoms with Crippen LogP contribution in [0.2, 0.25) is 0 Å². The van der Waals surface area contributed by atoms with E-state index in [9.17, 15) is 14.4 Å². The summed E-state index contributed by atoms with van der Waals surface area (Å²) >= 11 is 0. The molecule has 0 radical (unpaired) electrons. The van der Waals surface area contributed by atoms with Crippen molar-refractivity contribution in [1.82, 2.24) is 15.6 Å². The van der Waals surface area contributed by atoms with Gasteiger partial charge in [-0.25, -0.2) is 4.98 Å². The first-order chi connectivity index (χ1) is 16.2. The number of carbonyl (C=O) groups is 3. The lowest BCUT2D eigenvalue weighted by atomic mass is 10.0. The van der Waals surface area contributed by atoms with Gasteiger partial charge in [0.15, 0.2) is 12.2 Å². The van der Waals surface area contributed by atoms with Crippen LogP contribution in [0.5, 0.6) is 5.75 Å². The van der Waals surface area contributed by atoms with Gasteiger partial charge in [0, 0.05) is 23.9 Å². The van der Waals surface area contributed by atoms with Crippen LogP contribution in [0.1, 0.15) is 29.8 Å². The van der Waals surface area contributed by atoms with Crippen molar-refractivity contribution in [3.8, 4) is 23.1 Å². The number of rotatable bonds is 7. The highest BCUT2D eigenvalue weighted by atomic mass is 16.5. The molecule has 0 aliphatic heterocycles. The topological polar surface area (TPSA) is 146 Å². The number of amides is 3. The van der Waals surface area contributed by atoms with Gasteiger partial charge in [0.25, 0.3) is 5.91 Å². The van der Waals surface area contributed by atoms with Crippen LogP contribution in [-0.2, 0) is 9.59 Å². The number of hydrogen-bond donors (Lipinski definition) is 3. The number of nitriles is 1. The maximum Gasteiger partial charge on any atom is 0.313 e. The zero-order valence-corrected chi connectivity index (χ0v) is 18.8. The molecule has 3 aromatic rings. The van der Waals surface area contributed by atoms with E-state index < -0.39 is 17.4 Å². The minimum absolute atomic E-state index is 0.0740. The van der Waals surface area contributed by atoms with Gasteiger partial charge in [0.2, 0.25) is 0 Å². The Morgan fingerprint density at radius 1 is 1.12 bits per heavy atom. The molecule has 0 saturated carbocycles. The standard InChI is InChI=1S/C24H23N5O5/c1-24(2,13-27-21(30)16-6-4-15(11-25)5-7-16)29-23(32)22(31)28-17-8-9-18(19(10-17)33-3)20-12-26-14-34-20/h4-10,12,14H,13H2,1-3H3,(H,27,30)(H,28,31)(H,29,32). The Bertz CT molecular complexity index is 1230. The van der Waals surface area contributed by atoms with Crippen molar-refractivity contribution in [3.63, 3.8) is 0 Å². The van der Waals surface area contributed by atoms with Gasteiger partial charge in [-0.2, -0.15) is 5.26 Å². The van der Waals surface area contributed by atoms with E-state index in [4.69, 9.17) is 14.4 Å². The van der Waals surface area contributed by atoms with E-state index in [2.05, 4.69) is 20.9 Å². The number of benzene rings is 2. The number of hydrogen-bond acceptors (Lipinski definition) is 7. The summed E-state index contributed by atoms with van der Waals surface area (Å²) in [6.07, 6.45) is 2.83. The van der Waals surface area contributed by atoms with Crippen molar-refractivity contribution in [2.45, 2.75) is 19.4 Å². The van der Waals surface area contributed by atoms with Crippen molar-refractivity contribution in [3.05, 3.63) is 66.2 Å². The molecule has 2 aromatic carbocycles. The summed E-state index contributed by atoms with van der Waals surface area (Å²) in [5, 5.41) is 16.7. The van der Waals surface area contributed by atoms with Gasteiger partial charge in [-0.15, -0.1) is 0 Å². The summed E-state index contributed by atoms with van der Waals surface area (Å²) in [5.41, 5.74) is 0.903. The van der Waals surface area contributed by atoms with E-state index in [0.717, 1.165) is 0 Å². The lowest BCUT2D eigenvalue weighted by Crippen LogP contribution is -2.54. The van der Waals surface area contributed by atoms with Gasteiger partial charge in [-0.1, -0.05) is 0 Å². The molecule has 3 amide bonds. The fourth-order valence-electron chi connectivity index (χ4n) is 3.02. The van der Waals surface area contributed by atoms with Gasteiger partial charge >= 0.3 is 11.8 Å². The zero-order chi connectivity index (χ0) is 24.7. The molecule has 1 heterocycles. The van der Waals surface area contributed by atoms with Crippen LogP contribution in [0.25, 0.3) is 11.3 Å². The number of carbonyl (C=O) groups excluding carboxylic acids is 3. The highest BCUT2D eigenvalue weighted by Gasteiger charge is 2.25. The highest BCUT2D eigenvalue weighted by Crippen LogP contribution is 2.32. The monoisotopic (exact) mass is 461 g/mol. The predicted molar refractivity (Wildman–Crippen MR) is 123 cm³/mol. The van der Waals surface area contributed by atoms with Crippen molar-refractivity contribution in [2.75, 3.05) is 19.0 Å². The maximum atomic E-state index is 12.4. The molecule has 0 spiro atoms. The van der Waals surface area contributed by atoms with Gasteiger partial charge < -0.3 is 25.1 Å². The summed E-state index contributed by atoms with van der Waals surface area (Å²) in [5.74, 6) is -1.18. The highest BCUT2D eigenvalue weighted by molar-refractivity contribution is 6.39. The molecule has 0 unspecified atom stereocenters. The molecule has 10 nitrogen and oxygen atoms in total. The van der Waals surface area contributed by atoms with Crippen LogP contribution in [0.4, 0.5) is 5.69 Å². The maximum absolute atomic E-state index is 12.4. The molecule has 3 rings (SSSR count). The van der Waals surface area contributed by atoms with Crippen LogP contribution in [-0.4, -0.2) is 41.9 Å². The number of anilines is 1. The fraction of sp³-hybridized carbons (Fsp3) is 0.208. The second-order valence-electron chi connectivity index (χ2n) is 7.94. The van der Waals surface area contributed by atoms with Gasteiger partial charge in [-0.3, -0.25) is 14.4 Å². The molecule has 10 heteroatoms. The third kappa shape index (κ3) is 5.98. The van der Waals surface area contributed by atoms with Gasteiger partial charge in [0.1, 0.15) is 5.75 Å². The molecule has 174 valence electrons. The molecule has 0 aliphatic carbocycles. The third-order valence-electron chi connectivity index (χ3n) is 4.78. The molecular weight excluding hydrogens is 438 g/mol. The molecule has 1 aromatic heterocycles. The van der Waals surface area contributed by atoms with Crippen molar-refractivity contribution < 1.29 is 23.5 Å². The molecule has 0 fully saturated rings. The summed E-state index contributed by atoms with van der Waals surface area (Å²) in [6, 6.07) is 13.0. The number of nitrogens with zero attached hydrogens (tertiary/aromatic N) is 2. The van der Waals surface area contributed by atoms with Crippen LogP contribution in [0.15, 0.2) is 59.5 Å².